The van der Waals surface area contributed by atoms with Gasteiger partial charge >= 0.3 is 0 Å². The van der Waals surface area contributed by atoms with Gasteiger partial charge in [-0.25, -0.2) is 8.42 Å². The van der Waals surface area contributed by atoms with E-state index in [0.29, 0.717) is 37.4 Å². The van der Waals surface area contributed by atoms with Crippen LogP contribution in [0.15, 0.2) is 47.5 Å². The number of amides is 1. The van der Waals surface area contributed by atoms with Crippen molar-refractivity contribution in [2.75, 3.05) is 19.6 Å². The third-order valence-electron chi connectivity index (χ3n) is 6.40. The van der Waals surface area contributed by atoms with Crippen molar-refractivity contribution >= 4 is 26.8 Å². The van der Waals surface area contributed by atoms with Crippen molar-refractivity contribution in [3.8, 4) is 0 Å². The van der Waals surface area contributed by atoms with E-state index in [4.69, 9.17) is 0 Å². The topological polar surface area (TPSA) is 82.3 Å². The van der Waals surface area contributed by atoms with E-state index in [2.05, 4.69) is 16.4 Å². The summed E-state index contributed by atoms with van der Waals surface area (Å²) in [6, 6.07) is 12.0. The number of sulfonamides is 1. The molecule has 6 nitrogen and oxygen atoms in total. The number of nitrogens with zero attached hydrogens (tertiary/aromatic N) is 1. The maximum absolute atomic E-state index is 13.2. The molecule has 1 fully saturated rings. The normalized spacial score (nSPS) is 15.8. The van der Waals surface area contributed by atoms with Gasteiger partial charge in [0.1, 0.15) is 0 Å². The highest BCUT2D eigenvalue weighted by Crippen LogP contribution is 2.29. The summed E-state index contributed by atoms with van der Waals surface area (Å²) in [5.41, 5.74) is 4.90. The van der Waals surface area contributed by atoms with Crippen LogP contribution in [0.4, 0.5) is 0 Å². The van der Waals surface area contributed by atoms with Crippen LogP contribution in [0.25, 0.3) is 10.9 Å². The Morgan fingerprint density at radius 2 is 1.75 bits per heavy atom. The van der Waals surface area contributed by atoms with Crippen LogP contribution >= 0.6 is 0 Å². The number of nitrogens with one attached hydrogen (secondary N) is 2. The number of H-pyrrole nitrogens is 1. The fraction of sp³-hybridized carbons (Fsp3) is 0.400. The van der Waals surface area contributed by atoms with Crippen LogP contribution in [0.5, 0.6) is 0 Å². The molecule has 0 spiro atoms. The molecule has 1 aliphatic rings. The molecule has 4 rings (SSSR count). The van der Waals surface area contributed by atoms with Gasteiger partial charge in [-0.1, -0.05) is 35.9 Å². The number of aromatic nitrogens is 1. The third-order valence-corrected chi connectivity index (χ3v) is 8.60. The second-order valence-corrected chi connectivity index (χ2v) is 10.7. The largest absolute Gasteiger partial charge is 0.361 e. The maximum atomic E-state index is 13.2. The molecule has 32 heavy (non-hydrogen) atoms. The molecule has 1 aromatic heterocycles. The Labute approximate surface area is 190 Å². The SMILES string of the molecule is Cc1cc(C)c(S(=O)(=O)N2CCC(C(=O)NCCc3c[nH]c4ccccc34)CC2)c(C)c1. The zero-order valence-corrected chi connectivity index (χ0v) is 19.8. The molecule has 3 aromatic rings. The smallest absolute Gasteiger partial charge is 0.243 e. The quantitative estimate of drug-likeness (QED) is 0.595. The fourth-order valence-electron chi connectivity index (χ4n) is 4.86. The number of aryl methyl sites for hydroxylation is 3. The Bertz CT molecular complexity index is 1220. The molecule has 0 radical (unpaired) electrons. The summed E-state index contributed by atoms with van der Waals surface area (Å²) in [4.78, 5) is 16.3. The van der Waals surface area contributed by atoms with E-state index in [-0.39, 0.29) is 11.8 Å². The molecule has 2 aromatic carbocycles. The van der Waals surface area contributed by atoms with Crippen LogP contribution in [-0.4, -0.2) is 43.2 Å². The number of carbonyl (C=O) groups is 1. The summed E-state index contributed by atoms with van der Waals surface area (Å²) in [6.07, 6.45) is 3.84. The van der Waals surface area contributed by atoms with E-state index in [0.717, 1.165) is 28.6 Å². The molecule has 2 heterocycles. The summed E-state index contributed by atoms with van der Waals surface area (Å²) in [5.74, 6) is -0.130. The van der Waals surface area contributed by atoms with Crippen molar-refractivity contribution in [2.24, 2.45) is 5.92 Å². The van der Waals surface area contributed by atoms with Crippen molar-refractivity contribution in [1.82, 2.24) is 14.6 Å². The third kappa shape index (κ3) is 4.45. The predicted molar refractivity (Wildman–Crippen MR) is 127 cm³/mol. The Morgan fingerprint density at radius 3 is 2.44 bits per heavy atom. The van der Waals surface area contributed by atoms with Crippen molar-refractivity contribution in [3.05, 3.63) is 64.8 Å². The Balaban J connectivity index is 1.33. The monoisotopic (exact) mass is 453 g/mol. The standard InChI is InChI=1S/C25H31N3O3S/c1-17-14-18(2)24(19(3)15-17)32(30,31)28-12-9-20(10-13-28)25(29)26-11-8-21-16-27-23-7-5-4-6-22(21)23/h4-7,14-16,20,27H,8-13H2,1-3H3,(H,26,29). The maximum Gasteiger partial charge on any atom is 0.243 e. The number of rotatable bonds is 6. The molecule has 1 saturated heterocycles. The molecule has 170 valence electrons. The van der Waals surface area contributed by atoms with Crippen LogP contribution in [0, 0.1) is 26.7 Å². The van der Waals surface area contributed by atoms with E-state index in [1.165, 1.54) is 15.3 Å². The van der Waals surface area contributed by atoms with Gasteiger partial charge in [0, 0.05) is 42.7 Å². The lowest BCUT2D eigenvalue weighted by Gasteiger charge is -2.31. The van der Waals surface area contributed by atoms with E-state index in [1.807, 2.05) is 57.3 Å². The summed E-state index contributed by atoms with van der Waals surface area (Å²) < 4.78 is 28.0. The first kappa shape index (κ1) is 22.6. The molecule has 7 heteroatoms. The van der Waals surface area contributed by atoms with Gasteiger partial charge in [-0.3, -0.25) is 4.79 Å². The minimum atomic E-state index is -3.56. The number of fused-ring (bicyclic) bond motifs is 1. The lowest BCUT2D eigenvalue weighted by atomic mass is 9.97. The lowest BCUT2D eigenvalue weighted by Crippen LogP contribution is -2.43. The van der Waals surface area contributed by atoms with E-state index >= 15 is 0 Å². The Morgan fingerprint density at radius 1 is 1.09 bits per heavy atom. The molecule has 0 saturated carbocycles. The average molecular weight is 454 g/mol. The summed E-state index contributed by atoms with van der Waals surface area (Å²) >= 11 is 0. The molecule has 0 unspecified atom stereocenters. The second kappa shape index (κ2) is 9.08. The summed E-state index contributed by atoms with van der Waals surface area (Å²) in [5, 5.41) is 4.23. The van der Waals surface area contributed by atoms with Crippen molar-refractivity contribution < 1.29 is 13.2 Å². The van der Waals surface area contributed by atoms with Crippen LogP contribution in [-0.2, 0) is 21.2 Å². The van der Waals surface area contributed by atoms with Gasteiger partial charge in [-0.05, 0) is 62.8 Å². The van der Waals surface area contributed by atoms with E-state index in [1.54, 1.807) is 0 Å². The minimum Gasteiger partial charge on any atom is -0.361 e. The molecule has 1 amide bonds. The molecule has 0 aliphatic carbocycles. The number of piperidine rings is 1. The summed E-state index contributed by atoms with van der Waals surface area (Å²) in [7, 11) is -3.56. The second-order valence-electron chi connectivity index (χ2n) is 8.81. The van der Waals surface area contributed by atoms with Crippen LogP contribution in [0.2, 0.25) is 0 Å². The van der Waals surface area contributed by atoms with Gasteiger partial charge in [0.25, 0.3) is 0 Å². The molecular weight excluding hydrogens is 422 g/mol. The first-order chi connectivity index (χ1) is 15.3. The van der Waals surface area contributed by atoms with Gasteiger partial charge in [0.05, 0.1) is 4.90 Å². The van der Waals surface area contributed by atoms with Gasteiger partial charge in [0.15, 0.2) is 0 Å². The number of carbonyl (C=O) groups excluding carboxylic acids is 1. The number of hydrogen-bond donors (Lipinski definition) is 2. The molecule has 1 aliphatic heterocycles. The van der Waals surface area contributed by atoms with Crippen LogP contribution in [0.1, 0.15) is 35.1 Å². The molecule has 0 atom stereocenters. The highest BCUT2D eigenvalue weighted by Gasteiger charge is 2.33. The van der Waals surface area contributed by atoms with E-state index in [9.17, 15) is 13.2 Å². The molecule has 0 bridgehead atoms. The molecular formula is C25H31N3O3S. The Kier molecular flexibility index (Phi) is 6.40. The zero-order chi connectivity index (χ0) is 22.9. The molecule has 2 N–H and O–H groups in total. The first-order valence-electron chi connectivity index (χ1n) is 11.2. The van der Waals surface area contributed by atoms with Crippen molar-refractivity contribution in [2.45, 2.75) is 44.9 Å². The predicted octanol–water partition coefficient (Wildman–Crippen LogP) is 3.85. The number of para-hydroxylation sites is 1. The van der Waals surface area contributed by atoms with Gasteiger partial charge in [-0.2, -0.15) is 4.31 Å². The first-order valence-corrected chi connectivity index (χ1v) is 12.6. The van der Waals surface area contributed by atoms with Gasteiger partial charge in [0.2, 0.25) is 15.9 Å². The summed E-state index contributed by atoms with van der Waals surface area (Å²) in [6.45, 7) is 6.98. The fourth-order valence-corrected chi connectivity index (χ4v) is 6.75. The highest BCUT2D eigenvalue weighted by molar-refractivity contribution is 7.89. The Hall–Kier alpha value is -2.64. The average Bonchev–Trinajstić information content (AvgIpc) is 3.16. The number of hydrogen-bond acceptors (Lipinski definition) is 3. The van der Waals surface area contributed by atoms with Gasteiger partial charge < -0.3 is 10.3 Å². The van der Waals surface area contributed by atoms with Crippen molar-refractivity contribution in [3.63, 3.8) is 0 Å². The van der Waals surface area contributed by atoms with E-state index < -0.39 is 10.0 Å². The number of benzene rings is 2. The van der Waals surface area contributed by atoms with Crippen LogP contribution < -0.4 is 5.32 Å². The highest BCUT2D eigenvalue weighted by atomic mass is 32.2. The lowest BCUT2D eigenvalue weighted by molar-refractivity contribution is -0.126. The van der Waals surface area contributed by atoms with Crippen molar-refractivity contribution in [1.29, 1.82) is 0 Å². The minimum absolute atomic E-state index is 0.0181. The zero-order valence-electron chi connectivity index (χ0n) is 18.9. The number of aromatic amines is 1. The van der Waals surface area contributed by atoms with Crippen LogP contribution in [0.3, 0.4) is 0 Å². The van der Waals surface area contributed by atoms with Gasteiger partial charge in [-0.15, -0.1) is 0 Å².